The molecule has 0 saturated carbocycles. The molecule has 2 aromatic carbocycles. The molecule has 1 atom stereocenters. The Morgan fingerprint density at radius 2 is 1.89 bits per heavy atom. The van der Waals surface area contributed by atoms with E-state index in [4.69, 9.17) is 4.42 Å². The highest BCUT2D eigenvalue weighted by Gasteiger charge is 2.18. The fourth-order valence-corrected chi connectivity index (χ4v) is 2.72. The fraction of sp³-hybridized carbons (Fsp3) is 0.150. The zero-order valence-corrected chi connectivity index (χ0v) is 14.4. The van der Waals surface area contributed by atoms with E-state index in [0.717, 1.165) is 5.56 Å². The van der Waals surface area contributed by atoms with Gasteiger partial charge in [0.1, 0.15) is 17.6 Å². The number of hydrogen-bond acceptors (Lipinski definition) is 5. The molecule has 1 heterocycles. The zero-order valence-electron chi connectivity index (χ0n) is 14.4. The van der Waals surface area contributed by atoms with E-state index in [0.29, 0.717) is 23.5 Å². The number of nitrogens with one attached hydrogen (secondary N) is 1. The van der Waals surface area contributed by atoms with Gasteiger partial charge in [-0.05, 0) is 24.1 Å². The number of carboxylic acids is 1. The van der Waals surface area contributed by atoms with Crippen molar-refractivity contribution in [2.45, 2.75) is 19.0 Å². The smallest absolute Gasteiger partial charge is 0.321 e. The Balaban J connectivity index is 1.67. The molecule has 0 bridgehead atoms. The number of hydrogen-bond donors (Lipinski definition) is 2. The molecule has 2 N–H and O–H groups in total. The first-order valence-corrected chi connectivity index (χ1v) is 8.36. The third-order valence-corrected chi connectivity index (χ3v) is 4.11. The van der Waals surface area contributed by atoms with Gasteiger partial charge in [-0.25, -0.2) is 0 Å². The summed E-state index contributed by atoms with van der Waals surface area (Å²) in [6.45, 7) is 0.235. The quantitative estimate of drug-likeness (QED) is 0.466. The maximum atomic E-state index is 11.5. The predicted octanol–water partition coefficient (Wildman–Crippen LogP) is 3.64. The van der Waals surface area contributed by atoms with Gasteiger partial charge in [0.15, 0.2) is 0 Å². The Kier molecular flexibility index (Phi) is 5.63. The molecule has 0 amide bonds. The number of carboxylic acid groups (broad SMARTS) is 1. The molecule has 3 aromatic rings. The molecule has 0 aliphatic rings. The Morgan fingerprint density at radius 3 is 2.59 bits per heavy atom. The number of aliphatic carboxylic acids is 1. The molecule has 27 heavy (non-hydrogen) atoms. The third kappa shape index (κ3) is 4.80. The van der Waals surface area contributed by atoms with E-state index in [1.807, 2.05) is 30.3 Å². The maximum Gasteiger partial charge on any atom is 0.321 e. The topological polar surface area (TPSA) is 106 Å². The van der Waals surface area contributed by atoms with E-state index >= 15 is 0 Å². The van der Waals surface area contributed by atoms with E-state index in [2.05, 4.69) is 5.32 Å². The predicted molar refractivity (Wildman–Crippen MR) is 99.2 cm³/mol. The molecular formula is C20H18N2O5. The zero-order chi connectivity index (χ0) is 19.2. The maximum absolute atomic E-state index is 11.5. The van der Waals surface area contributed by atoms with Crippen LogP contribution in [0.15, 0.2) is 71.1 Å². The van der Waals surface area contributed by atoms with Crippen molar-refractivity contribution in [1.29, 1.82) is 0 Å². The highest BCUT2D eigenvalue weighted by Crippen LogP contribution is 2.25. The summed E-state index contributed by atoms with van der Waals surface area (Å²) in [4.78, 5) is 21.9. The normalized spacial score (nSPS) is 11.9. The molecular weight excluding hydrogens is 348 g/mol. The summed E-state index contributed by atoms with van der Waals surface area (Å²) in [7, 11) is 0. The van der Waals surface area contributed by atoms with Crippen LogP contribution in [0.3, 0.4) is 0 Å². The second-order valence-corrected chi connectivity index (χ2v) is 6.03. The number of nitro groups is 1. The summed E-state index contributed by atoms with van der Waals surface area (Å²) >= 11 is 0. The molecule has 1 aromatic heterocycles. The van der Waals surface area contributed by atoms with Crippen molar-refractivity contribution in [3.63, 3.8) is 0 Å². The molecule has 0 radical (unpaired) electrons. The summed E-state index contributed by atoms with van der Waals surface area (Å²) in [6.07, 6.45) is 0.356. The second kappa shape index (κ2) is 8.29. The van der Waals surface area contributed by atoms with Gasteiger partial charge in [0.05, 0.1) is 11.5 Å². The summed E-state index contributed by atoms with van der Waals surface area (Å²) in [5, 5.41) is 23.3. The Bertz CT molecular complexity index is 936. The first kappa shape index (κ1) is 18.3. The van der Waals surface area contributed by atoms with E-state index in [9.17, 15) is 20.0 Å². The number of furan rings is 1. The second-order valence-electron chi connectivity index (χ2n) is 6.03. The highest BCUT2D eigenvalue weighted by atomic mass is 16.6. The van der Waals surface area contributed by atoms with Crippen molar-refractivity contribution in [3.05, 3.63) is 88.2 Å². The van der Waals surface area contributed by atoms with Crippen LogP contribution in [0.2, 0.25) is 0 Å². The van der Waals surface area contributed by atoms with E-state index in [1.165, 1.54) is 12.1 Å². The van der Waals surface area contributed by atoms with Crippen LogP contribution in [0.5, 0.6) is 0 Å². The highest BCUT2D eigenvalue weighted by molar-refractivity contribution is 5.73. The summed E-state index contributed by atoms with van der Waals surface area (Å²) in [5.41, 5.74) is 1.50. The first-order chi connectivity index (χ1) is 13.0. The van der Waals surface area contributed by atoms with E-state index in [1.54, 1.807) is 24.3 Å². The van der Waals surface area contributed by atoms with E-state index in [-0.39, 0.29) is 12.2 Å². The average molecular weight is 366 g/mol. The van der Waals surface area contributed by atoms with Gasteiger partial charge in [0.25, 0.3) is 5.69 Å². The summed E-state index contributed by atoms with van der Waals surface area (Å²) in [5.74, 6) is 0.102. The third-order valence-electron chi connectivity index (χ3n) is 4.11. The number of nitro benzene ring substituents is 1. The lowest BCUT2D eigenvalue weighted by atomic mass is 10.1. The van der Waals surface area contributed by atoms with Gasteiger partial charge >= 0.3 is 5.97 Å². The van der Waals surface area contributed by atoms with Gasteiger partial charge < -0.3 is 9.52 Å². The number of carbonyl (C=O) groups is 1. The SMILES string of the molecule is O=C(O)[C@H](Cc1ccccc1)NCc1ccc(-c2cccc([N+](=O)[O-])c2)o1. The molecule has 0 fully saturated rings. The van der Waals surface area contributed by atoms with E-state index < -0.39 is 16.9 Å². The van der Waals surface area contributed by atoms with Crippen molar-refractivity contribution < 1.29 is 19.2 Å². The molecule has 7 heteroatoms. The number of non-ortho nitro benzene ring substituents is 1. The summed E-state index contributed by atoms with van der Waals surface area (Å²) in [6, 6.07) is 18.2. The van der Waals surface area contributed by atoms with Crippen LogP contribution in [0.4, 0.5) is 5.69 Å². The average Bonchev–Trinajstić information content (AvgIpc) is 3.15. The standard InChI is InChI=1S/C20H18N2O5/c23-20(24)18(11-14-5-2-1-3-6-14)21-13-17-9-10-19(27-17)15-7-4-8-16(12-15)22(25)26/h1-10,12,18,21H,11,13H2,(H,23,24)/t18-/m0/s1. The van der Waals surface area contributed by atoms with Crippen LogP contribution in [-0.4, -0.2) is 22.0 Å². The number of nitrogens with zero attached hydrogens (tertiary/aromatic N) is 1. The summed E-state index contributed by atoms with van der Waals surface area (Å²) < 4.78 is 5.71. The minimum absolute atomic E-state index is 0.0163. The van der Waals surface area contributed by atoms with Gasteiger partial charge in [-0.1, -0.05) is 42.5 Å². The van der Waals surface area contributed by atoms with Gasteiger partial charge in [-0.3, -0.25) is 20.2 Å². The largest absolute Gasteiger partial charge is 0.480 e. The molecule has 0 aliphatic carbocycles. The Hall–Kier alpha value is -3.45. The molecule has 0 saturated heterocycles. The van der Waals surface area contributed by atoms with Gasteiger partial charge in [0, 0.05) is 17.7 Å². The molecule has 0 spiro atoms. The van der Waals surface area contributed by atoms with Crippen LogP contribution >= 0.6 is 0 Å². The number of rotatable bonds is 8. The molecule has 7 nitrogen and oxygen atoms in total. The van der Waals surface area contributed by atoms with Crippen LogP contribution in [0, 0.1) is 10.1 Å². The molecule has 0 aliphatic heterocycles. The Labute approximate surface area is 155 Å². The van der Waals surface area contributed by atoms with Crippen LogP contribution in [-0.2, 0) is 17.8 Å². The van der Waals surface area contributed by atoms with Crippen molar-refractivity contribution in [3.8, 4) is 11.3 Å². The minimum Gasteiger partial charge on any atom is -0.480 e. The van der Waals surface area contributed by atoms with Gasteiger partial charge in [-0.2, -0.15) is 0 Å². The van der Waals surface area contributed by atoms with Crippen molar-refractivity contribution in [2.24, 2.45) is 0 Å². The molecule has 138 valence electrons. The lowest BCUT2D eigenvalue weighted by Gasteiger charge is -2.13. The van der Waals surface area contributed by atoms with Gasteiger partial charge in [-0.15, -0.1) is 0 Å². The van der Waals surface area contributed by atoms with Crippen molar-refractivity contribution in [1.82, 2.24) is 5.32 Å². The van der Waals surface area contributed by atoms with Crippen LogP contribution in [0.25, 0.3) is 11.3 Å². The molecule has 0 unspecified atom stereocenters. The van der Waals surface area contributed by atoms with Gasteiger partial charge in [0.2, 0.25) is 0 Å². The first-order valence-electron chi connectivity index (χ1n) is 8.36. The van der Waals surface area contributed by atoms with Crippen molar-refractivity contribution >= 4 is 11.7 Å². The Morgan fingerprint density at radius 1 is 1.11 bits per heavy atom. The number of benzene rings is 2. The monoisotopic (exact) mass is 366 g/mol. The lowest BCUT2D eigenvalue weighted by Crippen LogP contribution is -2.38. The molecule has 3 rings (SSSR count). The fourth-order valence-electron chi connectivity index (χ4n) is 2.72. The van der Waals surface area contributed by atoms with Crippen LogP contribution in [0.1, 0.15) is 11.3 Å². The van der Waals surface area contributed by atoms with Crippen LogP contribution < -0.4 is 5.32 Å². The minimum atomic E-state index is -0.940. The lowest BCUT2D eigenvalue weighted by molar-refractivity contribution is -0.384. The van der Waals surface area contributed by atoms with Crippen molar-refractivity contribution in [2.75, 3.05) is 0 Å².